The van der Waals surface area contributed by atoms with E-state index in [9.17, 15) is 14.4 Å². The Bertz CT molecular complexity index is 772. The Morgan fingerprint density at radius 3 is 2.48 bits per heavy atom. The summed E-state index contributed by atoms with van der Waals surface area (Å²) in [5.41, 5.74) is 1.34. The van der Waals surface area contributed by atoms with E-state index in [2.05, 4.69) is 10.3 Å². The van der Waals surface area contributed by atoms with Crippen LogP contribution in [0.4, 0.5) is 4.79 Å². The zero-order valence-corrected chi connectivity index (χ0v) is 18.5. The first kappa shape index (κ1) is 22.9. The third-order valence-corrected chi connectivity index (χ3v) is 5.09. The molecule has 2 rings (SSSR count). The summed E-state index contributed by atoms with van der Waals surface area (Å²) in [7, 11) is 1.29. The number of aryl methyl sites for hydroxylation is 1. The van der Waals surface area contributed by atoms with Crippen LogP contribution in [0.1, 0.15) is 72.6 Å². The SMILES string of the molecule is COC(=O)c1[nH]c(C)c(C(=O)C(C)N(CC2CCCO2)C(=O)NC(C)(C)C)c1C. The number of hydrogen-bond donors (Lipinski definition) is 2. The molecule has 1 aliphatic rings. The van der Waals surface area contributed by atoms with Crippen LogP contribution in [0.2, 0.25) is 0 Å². The molecule has 162 valence electrons. The van der Waals surface area contributed by atoms with Gasteiger partial charge in [-0.2, -0.15) is 0 Å². The topological polar surface area (TPSA) is 101 Å². The summed E-state index contributed by atoms with van der Waals surface area (Å²) >= 11 is 0. The number of esters is 1. The van der Waals surface area contributed by atoms with Crippen LogP contribution < -0.4 is 5.32 Å². The Balaban J connectivity index is 2.33. The number of H-pyrrole nitrogens is 1. The van der Waals surface area contributed by atoms with Crippen molar-refractivity contribution in [3.63, 3.8) is 0 Å². The van der Waals surface area contributed by atoms with Crippen molar-refractivity contribution >= 4 is 17.8 Å². The Morgan fingerprint density at radius 2 is 1.97 bits per heavy atom. The predicted molar refractivity (Wildman–Crippen MR) is 109 cm³/mol. The minimum atomic E-state index is -0.722. The van der Waals surface area contributed by atoms with Crippen molar-refractivity contribution in [1.82, 2.24) is 15.2 Å². The van der Waals surface area contributed by atoms with Crippen LogP contribution in [0.15, 0.2) is 0 Å². The van der Waals surface area contributed by atoms with E-state index in [1.165, 1.54) is 12.0 Å². The second-order valence-electron chi connectivity index (χ2n) is 8.62. The highest BCUT2D eigenvalue weighted by molar-refractivity contribution is 6.06. The number of ether oxygens (including phenoxy) is 2. The number of Topliss-reactive ketones (excluding diaryl/α,β-unsaturated/α-hetero) is 1. The van der Waals surface area contributed by atoms with Crippen molar-refractivity contribution in [2.45, 2.75) is 72.1 Å². The normalized spacial score (nSPS) is 17.7. The van der Waals surface area contributed by atoms with Crippen LogP contribution in [-0.4, -0.2) is 65.6 Å². The molecular weight excluding hydrogens is 374 g/mol. The quantitative estimate of drug-likeness (QED) is 0.558. The maximum absolute atomic E-state index is 13.4. The lowest BCUT2D eigenvalue weighted by Gasteiger charge is -2.33. The lowest BCUT2D eigenvalue weighted by Crippen LogP contribution is -2.55. The Kier molecular flexibility index (Phi) is 7.11. The summed E-state index contributed by atoms with van der Waals surface area (Å²) in [6.07, 6.45) is 1.71. The van der Waals surface area contributed by atoms with Gasteiger partial charge in [-0.05, 0) is 59.9 Å². The molecular formula is C21H33N3O5. The summed E-state index contributed by atoms with van der Waals surface area (Å²) in [6, 6.07) is -1.03. The Hall–Kier alpha value is -2.35. The summed E-state index contributed by atoms with van der Waals surface area (Å²) in [5, 5.41) is 2.94. The number of aromatic amines is 1. The van der Waals surface area contributed by atoms with Gasteiger partial charge in [-0.1, -0.05) is 0 Å². The average molecular weight is 408 g/mol. The first-order chi connectivity index (χ1) is 13.5. The van der Waals surface area contributed by atoms with Gasteiger partial charge < -0.3 is 24.7 Å². The lowest BCUT2D eigenvalue weighted by atomic mass is 9.99. The molecule has 2 N–H and O–H groups in total. The van der Waals surface area contributed by atoms with E-state index < -0.39 is 17.6 Å². The van der Waals surface area contributed by atoms with Crippen LogP contribution in [0.3, 0.4) is 0 Å². The van der Waals surface area contributed by atoms with Gasteiger partial charge in [-0.15, -0.1) is 0 Å². The summed E-state index contributed by atoms with van der Waals surface area (Å²) in [5.74, 6) is -0.757. The minimum absolute atomic E-state index is 0.0879. The van der Waals surface area contributed by atoms with Gasteiger partial charge in [0.05, 0.1) is 19.3 Å². The van der Waals surface area contributed by atoms with Gasteiger partial charge in [0.15, 0.2) is 5.78 Å². The highest BCUT2D eigenvalue weighted by Gasteiger charge is 2.34. The molecule has 0 bridgehead atoms. The standard InChI is InChI=1S/C21H33N3O5/c1-12-16(13(2)22-17(12)19(26)28-7)18(25)14(3)24(11-15-9-8-10-29-15)20(27)23-21(4,5)6/h14-15,22H,8-11H2,1-7H3,(H,23,27). The van der Waals surface area contributed by atoms with Crippen LogP contribution in [0.25, 0.3) is 0 Å². The lowest BCUT2D eigenvalue weighted by molar-refractivity contribution is 0.0593. The number of nitrogens with zero attached hydrogens (tertiary/aromatic N) is 1. The molecule has 0 saturated carbocycles. The summed E-state index contributed by atoms with van der Waals surface area (Å²) in [6.45, 7) is 11.8. The third kappa shape index (κ3) is 5.38. The first-order valence-electron chi connectivity index (χ1n) is 9.98. The summed E-state index contributed by atoms with van der Waals surface area (Å²) in [4.78, 5) is 42.8. The highest BCUT2D eigenvalue weighted by atomic mass is 16.5. The van der Waals surface area contributed by atoms with Crippen LogP contribution >= 0.6 is 0 Å². The number of urea groups is 1. The maximum Gasteiger partial charge on any atom is 0.354 e. The number of methoxy groups -OCH3 is 1. The number of carbonyl (C=O) groups is 3. The van der Waals surface area contributed by atoms with Crippen molar-refractivity contribution in [2.24, 2.45) is 0 Å². The Labute approximate surface area is 172 Å². The van der Waals surface area contributed by atoms with Gasteiger partial charge in [0.1, 0.15) is 5.69 Å². The molecule has 0 spiro atoms. The fourth-order valence-corrected chi connectivity index (χ4v) is 3.59. The highest BCUT2D eigenvalue weighted by Crippen LogP contribution is 2.23. The molecule has 2 heterocycles. The van der Waals surface area contributed by atoms with Gasteiger partial charge in [0.25, 0.3) is 0 Å². The summed E-state index contributed by atoms with van der Waals surface area (Å²) < 4.78 is 10.5. The van der Waals surface area contributed by atoms with E-state index in [-0.39, 0.29) is 23.6 Å². The molecule has 1 aliphatic heterocycles. The molecule has 1 aromatic rings. The van der Waals surface area contributed by atoms with E-state index >= 15 is 0 Å². The van der Waals surface area contributed by atoms with Crippen molar-refractivity contribution in [3.05, 3.63) is 22.5 Å². The van der Waals surface area contributed by atoms with Crippen molar-refractivity contribution in [1.29, 1.82) is 0 Å². The van der Waals surface area contributed by atoms with Crippen LogP contribution in [-0.2, 0) is 9.47 Å². The Morgan fingerprint density at radius 1 is 1.31 bits per heavy atom. The van der Waals surface area contributed by atoms with Gasteiger partial charge >= 0.3 is 12.0 Å². The molecule has 1 aromatic heterocycles. The molecule has 0 radical (unpaired) electrons. The second-order valence-corrected chi connectivity index (χ2v) is 8.62. The second kappa shape index (κ2) is 8.98. The largest absolute Gasteiger partial charge is 0.464 e. The van der Waals surface area contributed by atoms with Crippen LogP contribution in [0, 0.1) is 13.8 Å². The van der Waals surface area contributed by atoms with E-state index in [1.807, 2.05) is 20.8 Å². The molecule has 2 unspecified atom stereocenters. The average Bonchev–Trinajstić information content (AvgIpc) is 3.24. The molecule has 2 amide bonds. The van der Waals surface area contributed by atoms with E-state index in [4.69, 9.17) is 9.47 Å². The molecule has 1 fully saturated rings. The van der Waals surface area contributed by atoms with E-state index in [0.29, 0.717) is 30.0 Å². The van der Waals surface area contributed by atoms with Crippen molar-refractivity contribution < 1.29 is 23.9 Å². The number of rotatable bonds is 6. The zero-order chi connectivity index (χ0) is 21.9. The van der Waals surface area contributed by atoms with E-state index in [1.54, 1.807) is 20.8 Å². The van der Waals surface area contributed by atoms with Crippen molar-refractivity contribution in [2.75, 3.05) is 20.3 Å². The maximum atomic E-state index is 13.4. The third-order valence-electron chi connectivity index (χ3n) is 5.09. The molecule has 29 heavy (non-hydrogen) atoms. The van der Waals surface area contributed by atoms with E-state index in [0.717, 1.165) is 12.8 Å². The number of carbonyl (C=O) groups excluding carboxylic acids is 3. The van der Waals surface area contributed by atoms with Gasteiger partial charge in [-0.3, -0.25) is 4.79 Å². The predicted octanol–water partition coefficient (Wildman–Crippen LogP) is 2.98. The molecule has 8 heteroatoms. The number of amides is 2. The first-order valence-corrected chi connectivity index (χ1v) is 9.98. The number of ketones is 1. The number of hydrogen-bond acceptors (Lipinski definition) is 5. The van der Waals surface area contributed by atoms with Crippen molar-refractivity contribution in [3.8, 4) is 0 Å². The molecule has 0 aromatic carbocycles. The molecule has 2 atom stereocenters. The molecule has 1 saturated heterocycles. The number of aromatic nitrogens is 1. The van der Waals surface area contributed by atoms with Gasteiger partial charge in [-0.25, -0.2) is 9.59 Å². The fourth-order valence-electron chi connectivity index (χ4n) is 3.59. The zero-order valence-electron chi connectivity index (χ0n) is 18.5. The smallest absolute Gasteiger partial charge is 0.354 e. The molecule has 0 aliphatic carbocycles. The van der Waals surface area contributed by atoms with Crippen LogP contribution in [0.5, 0.6) is 0 Å². The number of nitrogens with one attached hydrogen (secondary N) is 2. The van der Waals surface area contributed by atoms with Gasteiger partial charge in [0.2, 0.25) is 0 Å². The minimum Gasteiger partial charge on any atom is -0.464 e. The monoisotopic (exact) mass is 407 g/mol. The fraction of sp³-hybridized carbons (Fsp3) is 0.667. The van der Waals surface area contributed by atoms with Gasteiger partial charge in [0, 0.05) is 29.9 Å². The molecule has 8 nitrogen and oxygen atoms in total.